The number of rotatable bonds is 5. The Morgan fingerprint density at radius 2 is 2.06 bits per heavy atom. The first-order valence-corrected chi connectivity index (χ1v) is 6.86. The molecule has 2 aliphatic rings. The molecule has 0 heterocycles. The Kier molecular flexibility index (Phi) is 3.02. The second-order valence-corrected chi connectivity index (χ2v) is 5.77. The van der Waals surface area contributed by atoms with Crippen molar-refractivity contribution in [3.63, 3.8) is 0 Å². The maximum absolute atomic E-state index is 13.6. The van der Waals surface area contributed by atoms with Crippen molar-refractivity contribution in [2.75, 3.05) is 13.2 Å². The molecule has 2 saturated carbocycles. The van der Waals surface area contributed by atoms with Gasteiger partial charge in [-0.1, -0.05) is 6.42 Å². The van der Waals surface area contributed by atoms with Crippen molar-refractivity contribution >= 4 is 0 Å². The fourth-order valence-corrected chi connectivity index (χ4v) is 2.59. The van der Waals surface area contributed by atoms with Crippen LogP contribution >= 0.6 is 0 Å². The van der Waals surface area contributed by atoms with Crippen LogP contribution in [0.25, 0.3) is 0 Å². The molecule has 2 nitrogen and oxygen atoms in total. The highest BCUT2D eigenvalue weighted by Crippen LogP contribution is 2.48. The van der Waals surface area contributed by atoms with E-state index in [1.54, 1.807) is 6.07 Å². The molecule has 18 heavy (non-hydrogen) atoms. The van der Waals surface area contributed by atoms with Crippen LogP contribution in [0.15, 0.2) is 18.2 Å². The average Bonchev–Trinajstić information content (AvgIpc) is 3.07. The summed E-state index contributed by atoms with van der Waals surface area (Å²) in [6.45, 7) is 1.32. The molecule has 0 radical (unpaired) electrons. The molecule has 2 N–H and O–H groups in total. The van der Waals surface area contributed by atoms with Crippen molar-refractivity contribution in [2.24, 2.45) is 11.7 Å². The molecule has 3 rings (SSSR count). The van der Waals surface area contributed by atoms with Gasteiger partial charge in [-0.2, -0.15) is 0 Å². The molecule has 0 spiro atoms. The lowest BCUT2D eigenvalue weighted by atomic mass is 9.86. The zero-order valence-electron chi connectivity index (χ0n) is 10.6. The molecular formula is C15H20FNO. The van der Waals surface area contributed by atoms with Crippen LogP contribution in [0.5, 0.6) is 5.75 Å². The zero-order chi connectivity index (χ0) is 12.6. The van der Waals surface area contributed by atoms with Gasteiger partial charge in [0.15, 0.2) is 0 Å². The maximum Gasteiger partial charge on any atom is 0.127 e. The summed E-state index contributed by atoms with van der Waals surface area (Å²) in [7, 11) is 0. The summed E-state index contributed by atoms with van der Waals surface area (Å²) in [5, 5.41) is 0. The Hall–Kier alpha value is -1.09. The monoisotopic (exact) mass is 249 g/mol. The van der Waals surface area contributed by atoms with Gasteiger partial charge in [0.1, 0.15) is 11.6 Å². The van der Waals surface area contributed by atoms with Gasteiger partial charge in [0.2, 0.25) is 0 Å². The van der Waals surface area contributed by atoms with Crippen molar-refractivity contribution in [1.82, 2.24) is 0 Å². The van der Waals surface area contributed by atoms with Gasteiger partial charge in [-0.25, -0.2) is 4.39 Å². The van der Waals surface area contributed by atoms with Gasteiger partial charge < -0.3 is 10.5 Å². The first-order valence-electron chi connectivity index (χ1n) is 6.86. The van der Waals surface area contributed by atoms with Crippen LogP contribution in [-0.4, -0.2) is 13.2 Å². The molecule has 0 bridgehead atoms. The molecule has 0 amide bonds. The van der Waals surface area contributed by atoms with E-state index in [-0.39, 0.29) is 11.2 Å². The van der Waals surface area contributed by atoms with Crippen molar-refractivity contribution in [3.05, 3.63) is 29.6 Å². The Labute approximate surface area is 107 Å². The van der Waals surface area contributed by atoms with E-state index in [2.05, 4.69) is 0 Å². The molecule has 3 heteroatoms. The van der Waals surface area contributed by atoms with Gasteiger partial charge in [0.05, 0.1) is 6.61 Å². The summed E-state index contributed by atoms with van der Waals surface area (Å²) < 4.78 is 19.3. The minimum atomic E-state index is -0.212. The van der Waals surface area contributed by atoms with E-state index in [1.807, 2.05) is 6.07 Å². The number of hydrogen-bond donors (Lipinski definition) is 1. The summed E-state index contributed by atoms with van der Waals surface area (Å²) in [6.07, 6.45) is 5.92. The Balaban J connectivity index is 1.73. The van der Waals surface area contributed by atoms with Crippen LogP contribution in [0.2, 0.25) is 0 Å². The Bertz CT molecular complexity index is 438. The molecule has 1 aromatic rings. The minimum Gasteiger partial charge on any atom is -0.493 e. The van der Waals surface area contributed by atoms with Crippen LogP contribution in [0, 0.1) is 11.7 Å². The third kappa shape index (κ3) is 2.24. The first kappa shape index (κ1) is 12.0. The van der Waals surface area contributed by atoms with E-state index in [1.165, 1.54) is 25.3 Å². The lowest BCUT2D eigenvalue weighted by molar-refractivity contribution is 0.180. The smallest absolute Gasteiger partial charge is 0.127 e. The molecule has 0 aromatic heterocycles. The molecule has 0 atom stereocenters. The zero-order valence-corrected chi connectivity index (χ0v) is 10.6. The second kappa shape index (κ2) is 4.54. The van der Waals surface area contributed by atoms with Crippen molar-refractivity contribution < 1.29 is 9.13 Å². The fraction of sp³-hybridized carbons (Fsp3) is 0.600. The quantitative estimate of drug-likeness (QED) is 0.870. The normalized spacial score (nSPS) is 21.4. The van der Waals surface area contributed by atoms with E-state index in [9.17, 15) is 4.39 Å². The molecule has 0 unspecified atom stereocenters. The molecule has 1 aromatic carbocycles. The van der Waals surface area contributed by atoms with E-state index >= 15 is 0 Å². The van der Waals surface area contributed by atoms with Crippen LogP contribution in [0.4, 0.5) is 4.39 Å². The lowest BCUT2D eigenvalue weighted by Gasteiger charge is -2.25. The first-order chi connectivity index (χ1) is 8.72. The second-order valence-electron chi connectivity index (χ2n) is 5.77. The van der Waals surface area contributed by atoms with Gasteiger partial charge in [-0.05, 0) is 49.3 Å². The standard InChI is InChI=1S/C15H20FNO/c16-13-6-12(15(10-17)4-5-15)7-14(8-13)18-9-11-2-1-3-11/h6-8,11H,1-5,9-10,17H2. The van der Waals surface area contributed by atoms with Crippen LogP contribution in [-0.2, 0) is 5.41 Å². The number of ether oxygens (including phenoxy) is 1. The van der Waals surface area contributed by atoms with E-state index in [0.29, 0.717) is 18.2 Å². The number of hydrogen-bond acceptors (Lipinski definition) is 2. The van der Waals surface area contributed by atoms with E-state index in [4.69, 9.17) is 10.5 Å². The van der Waals surface area contributed by atoms with Gasteiger partial charge in [-0.3, -0.25) is 0 Å². The average molecular weight is 249 g/mol. The van der Waals surface area contributed by atoms with Crippen molar-refractivity contribution in [3.8, 4) is 5.75 Å². The Morgan fingerprint density at radius 3 is 2.61 bits per heavy atom. The SMILES string of the molecule is NCC1(c2cc(F)cc(OCC3CCC3)c2)CC1. The van der Waals surface area contributed by atoms with Gasteiger partial charge in [0.25, 0.3) is 0 Å². The van der Waals surface area contributed by atoms with Crippen LogP contribution < -0.4 is 10.5 Å². The molecule has 2 fully saturated rings. The highest BCUT2D eigenvalue weighted by atomic mass is 19.1. The summed E-state index contributed by atoms with van der Waals surface area (Å²) in [6, 6.07) is 5.06. The molecular weight excluding hydrogens is 229 g/mol. The molecule has 0 aliphatic heterocycles. The van der Waals surface area contributed by atoms with Crippen LogP contribution in [0.3, 0.4) is 0 Å². The minimum absolute atomic E-state index is 0.0245. The topological polar surface area (TPSA) is 35.2 Å². The Morgan fingerprint density at radius 1 is 1.28 bits per heavy atom. The van der Waals surface area contributed by atoms with Crippen molar-refractivity contribution in [1.29, 1.82) is 0 Å². The third-order valence-corrected chi connectivity index (χ3v) is 4.44. The predicted octanol–water partition coefficient (Wildman–Crippen LogP) is 2.99. The van der Waals surface area contributed by atoms with Gasteiger partial charge >= 0.3 is 0 Å². The molecule has 2 aliphatic carbocycles. The maximum atomic E-state index is 13.6. The number of halogens is 1. The number of nitrogens with two attached hydrogens (primary N) is 1. The summed E-state index contributed by atoms with van der Waals surface area (Å²) in [4.78, 5) is 0. The predicted molar refractivity (Wildman–Crippen MR) is 69.2 cm³/mol. The number of benzene rings is 1. The van der Waals surface area contributed by atoms with Crippen LogP contribution in [0.1, 0.15) is 37.7 Å². The summed E-state index contributed by atoms with van der Waals surface area (Å²) in [5.41, 5.74) is 6.82. The summed E-state index contributed by atoms with van der Waals surface area (Å²) >= 11 is 0. The highest BCUT2D eigenvalue weighted by molar-refractivity contribution is 5.38. The van der Waals surface area contributed by atoms with E-state index in [0.717, 1.165) is 25.0 Å². The van der Waals surface area contributed by atoms with Crippen molar-refractivity contribution in [2.45, 2.75) is 37.5 Å². The molecule has 0 saturated heterocycles. The third-order valence-electron chi connectivity index (χ3n) is 4.44. The van der Waals surface area contributed by atoms with Gasteiger partial charge in [-0.15, -0.1) is 0 Å². The molecule has 98 valence electrons. The lowest BCUT2D eigenvalue weighted by Crippen LogP contribution is -2.21. The summed E-state index contributed by atoms with van der Waals surface area (Å²) in [5.74, 6) is 1.12. The van der Waals surface area contributed by atoms with Gasteiger partial charge in [0, 0.05) is 18.0 Å². The van der Waals surface area contributed by atoms with E-state index < -0.39 is 0 Å². The highest BCUT2D eigenvalue weighted by Gasteiger charge is 2.43. The fourth-order valence-electron chi connectivity index (χ4n) is 2.59. The largest absolute Gasteiger partial charge is 0.493 e.